The third-order valence-corrected chi connectivity index (χ3v) is 5.00. The lowest BCUT2D eigenvalue weighted by molar-refractivity contribution is -0.118. The average molecular weight is 406 g/mol. The van der Waals surface area contributed by atoms with Crippen LogP contribution in [0.4, 0.5) is 5.69 Å². The van der Waals surface area contributed by atoms with Crippen molar-refractivity contribution in [2.45, 2.75) is 13.8 Å². The number of imidazole rings is 1. The number of amides is 1. The molecule has 4 aromatic rings. The maximum absolute atomic E-state index is 12.1. The van der Waals surface area contributed by atoms with Crippen LogP contribution in [0.1, 0.15) is 11.1 Å². The van der Waals surface area contributed by atoms with Gasteiger partial charge >= 0.3 is 0 Å². The second kappa shape index (κ2) is 7.97. The molecule has 0 unspecified atom stereocenters. The highest BCUT2D eigenvalue weighted by Gasteiger charge is 2.09. The summed E-state index contributed by atoms with van der Waals surface area (Å²) in [6.07, 6.45) is 0. The van der Waals surface area contributed by atoms with Crippen molar-refractivity contribution in [2.75, 3.05) is 11.9 Å². The Bertz CT molecular complexity index is 1130. The standard InChI is InChI=1S/C23H20ClN3O2/c1-14-3-9-18(10-4-14)29-13-22(28)25-17-7-5-16(6-8-17)23-26-20-11-15(2)19(24)12-21(20)27-23/h3-12H,13H2,1-2H3,(H,25,28)(H,26,27). The Morgan fingerprint density at radius 1 is 1.07 bits per heavy atom. The Labute approximate surface area is 173 Å². The number of aromatic nitrogens is 2. The minimum atomic E-state index is -0.216. The van der Waals surface area contributed by atoms with Gasteiger partial charge in [-0.05, 0) is 67.9 Å². The van der Waals surface area contributed by atoms with E-state index in [2.05, 4.69) is 15.3 Å². The number of fused-ring (bicyclic) bond motifs is 1. The Hall–Kier alpha value is -3.31. The van der Waals surface area contributed by atoms with Crippen LogP contribution in [-0.4, -0.2) is 22.5 Å². The SMILES string of the molecule is Cc1ccc(OCC(=O)Nc2ccc(-c3nc4cc(Cl)c(C)cc4[nH]3)cc2)cc1. The van der Waals surface area contributed by atoms with Gasteiger partial charge in [0, 0.05) is 16.3 Å². The molecule has 0 saturated heterocycles. The third-order valence-electron chi connectivity index (χ3n) is 4.60. The van der Waals surface area contributed by atoms with Crippen molar-refractivity contribution in [1.29, 1.82) is 0 Å². The minimum Gasteiger partial charge on any atom is -0.484 e. The summed E-state index contributed by atoms with van der Waals surface area (Å²) in [5, 5.41) is 3.53. The van der Waals surface area contributed by atoms with Crippen LogP contribution in [0.15, 0.2) is 60.7 Å². The van der Waals surface area contributed by atoms with E-state index < -0.39 is 0 Å². The van der Waals surface area contributed by atoms with Crippen LogP contribution in [0, 0.1) is 13.8 Å². The van der Waals surface area contributed by atoms with E-state index >= 15 is 0 Å². The van der Waals surface area contributed by atoms with Crippen LogP contribution < -0.4 is 10.1 Å². The molecule has 0 saturated carbocycles. The lowest BCUT2D eigenvalue weighted by Gasteiger charge is -2.08. The molecule has 29 heavy (non-hydrogen) atoms. The second-order valence-electron chi connectivity index (χ2n) is 6.93. The number of hydrogen-bond acceptors (Lipinski definition) is 3. The van der Waals surface area contributed by atoms with Crippen molar-refractivity contribution >= 4 is 34.2 Å². The molecule has 0 radical (unpaired) electrons. The predicted octanol–water partition coefficient (Wildman–Crippen LogP) is 5.52. The number of carbonyl (C=O) groups is 1. The summed E-state index contributed by atoms with van der Waals surface area (Å²) in [7, 11) is 0. The molecule has 2 N–H and O–H groups in total. The van der Waals surface area contributed by atoms with Gasteiger partial charge in [-0.25, -0.2) is 4.98 Å². The lowest BCUT2D eigenvalue weighted by Crippen LogP contribution is -2.20. The molecular formula is C23H20ClN3O2. The monoisotopic (exact) mass is 405 g/mol. The zero-order valence-electron chi connectivity index (χ0n) is 16.1. The highest BCUT2D eigenvalue weighted by atomic mass is 35.5. The number of carbonyl (C=O) groups excluding carboxylic acids is 1. The molecule has 6 heteroatoms. The van der Waals surface area contributed by atoms with E-state index in [0.717, 1.165) is 33.5 Å². The highest BCUT2D eigenvalue weighted by molar-refractivity contribution is 6.32. The largest absolute Gasteiger partial charge is 0.484 e. The van der Waals surface area contributed by atoms with Crippen LogP contribution in [0.5, 0.6) is 5.75 Å². The van der Waals surface area contributed by atoms with Gasteiger partial charge in [-0.15, -0.1) is 0 Å². The molecule has 1 amide bonds. The van der Waals surface area contributed by atoms with E-state index in [1.165, 1.54) is 0 Å². The number of nitrogens with one attached hydrogen (secondary N) is 2. The number of H-pyrrole nitrogens is 1. The first kappa shape index (κ1) is 19.0. The molecule has 0 atom stereocenters. The number of benzene rings is 3. The average Bonchev–Trinajstić information content (AvgIpc) is 3.11. The number of halogens is 1. The maximum Gasteiger partial charge on any atom is 0.262 e. The zero-order chi connectivity index (χ0) is 20.4. The predicted molar refractivity (Wildman–Crippen MR) is 117 cm³/mol. The first-order valence-electron chi connectivity index (χ1n) is 9.23. The fourth-order valence-electron chi connectivity index (χ4n) is 2.97. The molecule has 0 aliphatic heterocycles. The summed E-state index contributed by atoms with van der Waals surface area (Å²) in [4.78, 5) is 20.0. The molecule has 0 bridgehead atoms. The molecule has 0 aliphatic rings. The van der Waals surface area contributed by atoms with Crippen molar-refractivity contribution < 1.29 is 9.53 Å². The summed E-state index contributed by atoms with van der Waals surface area (Å²) < 4.78 is 5.50. The van der Waals surface area contributed by atoms with Gasteiger partial charge in [0.2, 0.25) is 0 Å². The van der Waals surface area contributed by atoms with Crippen molar-refractivity contribution in [3.63, 3.8) is 0 Å². The molecule has 3 aromatic carbocycles. The summed E-state index contributed by atoms with van der Waals surface area (Å²) in [6, 6.07) is 18.9. The van der Waals surface area contributed by atoms with E-state index in [1.54, 1.807) is 0 Å². The molecular weight excluding hydrogens is 386 g/mol. The number of rotatable bonds is 5. The van der Waals surface area contributed by atoms with Gasteiger partial charge in [0.1, 0.15) is 11.6 Å². The lowest BCUT2D eigenvalue weighted by atomic mass is 10.2. The summed E-state index contributed by atoms with van der Waals surface area (Å²) in [6.45, 7) is 3.92. The second-order valence-corrected chi connectivity index (χ2v) is 7.34. The van der Waals surface area contributed by atoms with Gasteiger partial charge in [-0.2, -0.15) is 0 Å². The van der Waals surface area contributed by atoms with Crippen molar-refractivity contribution in [1.82, 2.24) is 9.97 Å². The third kappa shape index (κ3) is 4.41. The van der Waals surface area contributed by atoms with Crippen molar-refractivity contribution in [3.8, 4) is 17.1 Å². The van der Waals surface area contributed by atoms with Gasteiger partial charge < -0.3 is 15.0 Å². The van der Waals surface area contributed by atoms with Crippen LogP contribution in [0.3, 0.4) is 0 Å². The van der Waals surface area contributed by atoms with Crippen LogP contribution in [0.2, 0.25) is 5.02 Å². The van der Waals surface area contributed by atoms with E-state index in [-0.39, 0.29) is 12.5 Å². The molecule has 0 fully saturated rings. The molecule has 4 rings (SSSR count). The molecule has 1 heterocycles. The van der Waals surface area contributed by atoms with Crippen LogP contribution >= 0.6 is 11.6 Å². The van der Waals surface area contributed by atoms with Crippen molar-refractivity contribution in [3.05, 3.63) is 76.8 Å². The Kier molecular flexibility index (Phi) is 5.23. The van der Waals surface area contributed by atoms with Gasteiger partial charge in [0.15, 0.2) is 6.61 Å². The molecule has 1 aromatic heterocycles. The first-order valence-corrected chi connectivity index (χ1v) is 9.61. The van der Waals surface area contributed by atoms with E-state index in [0.29, 0.717) is 16.5 Å². The van der Waals surface area contributed by atoms with Crippen LogP contribution in [-0.2, 0) is 4.79 Å². The number of anilines is 1. The van der Waals surface area contributed by atoms with Gasteiger partial charge in [-0.3, -0.25) is 4.79 Å². The van der Waals surface area contributed by atoms with Crippen molar-refractivity contribution in [2.24, 2.45) is 0 Å². The fraction of sp³-hybridized carbons (Fsp3) is 0.130. The first-order chi connectivity index (χ1) is 14.0. The Morgan fingerprint density at radius 3 is 2.52 bits per heavy atom. The molecule has 5 nitrogen and oxygen atoms in total. The fourth-order valence-corrected chi connectivity index (χ4v) is 3.13. The van der Waals surface area contributed by atoms with Gasteiger partial charge in [-0.1, -0.05) is 29.3 Å². The van der Waals surface area contributed by atoms with E-state index in [4.69, 9.17) is 16.3 Å². The smallest absolute Gasteiger partial charge is 0.262 e. The number of aryl methyl sites for hydroxylation is 2. The summed E-state index contributed by atoms with van der Waals surface area (Å²) in [5.41, 5.74) is 5.52. The maximum atomic E-state index is 12.1. The Balaban J connectivity index is 1.41. The summed E-state index contributed by atoms with van der Waals surface area (Å²) >= 11 is 6.18. The van der Waals surface area contributed by atoms with Crippen LogP contribution in [0.25, 0.3) is 22.4 Å². The number of nitrogens with zero attached hydrogens (tertiary/aromatic N) is 1. The number of hydrogen-bond donors (Lipinski definition) is 2. The zero-order valence-corrected chi connectivity index (χ0v) is 16.9. The summed E-state index contributed by atoms with van der Waals surface area (Å²) in [5.74, 6) is 1.20. The Morgan fingerprint density at radius 2 is 1.79 bits per heavy atom. The highest BCUT2D eigenvalue weighted by Crippen LogP contribution is 2.26. The topological polar surface area (TPSA) is 67.0 Å². The molecule has 0 aliphatic carbocycles. The quantitative estimate of drug-likeness (QED) is 0.459. The number of aromatic amines is 1. The van der Waals surface area contributed by atoms with Gasteiger partial charge in [0.05, 0.1) is 11.0 Å². The minimum absolute atomic E-state index is 0.0471. The van der Waals surface area contributed by atoms with Gasteiger partial charge in [0.25, 0.3) is 5.91 Å². The molecule has 0 spiro atoms. The van der Waals surface area contributed by atoms with E-state index in [9.17, 15) is 4.79 Å². The van der Waals surface area contributed by atoms with E-state index in [1.807, 2.05) is 74.5 Å². The number of ether oxygens (including phenoxy) is 1. The molecule has 146 valence electrons. The normalized spacial score (nSPS) is 10.9.